The fourth-order valence-electron chi connectivity index (χ4n) is 2.32. The first kappa shape index (κ1) is 14.6. The van der Waals surface area contributed by atoms with Gasteiger partial charge in [-0.05, 0) is 24.6 Å². The number of carbonyl (C=O) groups is 3. The number of carbonyl (C=O) groups excluding carboxylic acids is 1. The van der Waals surface area contributed by atoms with E-state index in [0.717, 1.165) is 11.0 Å². The van der Waals surface area contributed by atoms with E-state index in [1.54, 1.807) is 0 Å². The van der Waals surface area contributed by atoms with Crippen LogP contribution in [0.4, 0.5) is 5.69 Å². The van der Waals surface area contributed by atoms with Gasteiger partial charge in [0.05, 0.1) is 11.6 Å². The minimum Gasteiger partial charge on any atom is -0.506 e. The van der Waals surface area contributed by atoms with Crippen molar-refractivity contribution in [2.75, 3.05) is 12.3 Å². The molecule has 2 rings (SSSR count). The minimum atomic E-state index is -1.26. The molecule has 1 aliphatic heterocycles. The average molecular weight is 294 g/mol. The second-order valence-electron chi connectivity index (χ2n) is 4.86. The lowest BCUT2D eigenvalue weighted by Crippen LogP contribution is -2.40. The van der Waals surface area contributed by atoms with Gasteiger partial charge >= 0.3 is 11.9 Å². The standard InChI is InChI=1S/C13H14N2O6/c14-8-2-1-6(4-10(8)16)11(17)15-5-7(12(18)19)3-9(15)13(20)21/h1-2,4,7,9,16H,3,5,14H2,(H,18,19)(H,20,21). The summed E-state index contributed by atoms with van der Waals surface area (Å²) in [7, 11) is 0. The normalized spacial score (nSPS) is 21.2. The number of hydrogen-bond donors (Lipinski definition) is 4. The Kier molecular flexibility index (Phi) is 3.70. The summed E-state index contributed by atoms with van der Waals surface area (Å²) in [6, 6.07) is 2.61. The van der Waals surface area contributed by atoms with Crippen LogP contribution in [0.25, 0.3) is 0 Å². The molecule has 112 valence electrons. The molecule has 0 aliphatic carbocycles. The Hall–Kier alpha value is -2.77. The van der Waals surface area contributed by atoms with Crippen molar-refractivity contribution < 1.29 is 29.7 Å². The zero-order valence-electron chi connectivity index (χ0n) is 10.9. The highest BCUT2D eigenvalue weighted by molar-refractivity contribution is 5.98. The van der Waals surface area contributed by atoms with Crippen LogP contribution in [0.3, 0.4) is 0 Å². The molecular formula is C13H14N2O6. The van der Waals surface area contributed by atoms with Gasteiger partial charge in [0.2, 0.25) is 0 Å². The first-order valence-corrected chi connectivity index (χ1v) is 6.16. The van der Waals surface area contributed by atoms with E-state index in [4.69, 9.17) is 15.9 Å². The molecule has 0 radical (unpaired) electrons. The van der Waals surface area contributed by atoms with E-state index in [0.29, 0.717) is 0 Å². The number of aromatic hydroxyl groups is 1. The van der Waals surface area contributed by atoms with Crippen LogP contribution in [-0.4, -0.2) is 50.7 Å². The lowest BCUT2D eigenvalue weighted by Gasteiger charge is -2.21. The van der Waals surface area contributed by atoms with Crippen LogP contribution < -0.4 is 5.73 Å². The van der Waals surface area contributed by atoms with Crippen LogP contribution in [-0.2, 0) is 9.59 Å². The van der Waals surface area contributed by atoms with E-state index in [1.807, 2.05) is 0 Å². The van der Waals surface area contributed by atoms with Crippen molar-refractivity contribution in [3.8, 4) is 5.75 Å². The number of nitrogens with zero attached hydrogens (tertiary/aromatic N) is 1. The number of nitrogens with two attached hydrogens (primary N) is 1. The second kappa shape index (κ2) is 5.31. The zero-order valence-corrected chi connectivity index (χ0v) is 10.9. The predicted octanol–water partition coefficient (Wildman–Crippen LogP) is -0.0257. The summed E-state index contributed by atoms with van der Waals surface area (Å²) in [4.78, 5) is 35.5. The van der Waals surface area contributed by atoms with Gasteiger partial charge in [-0.1, -0.05) is 0 Å². The number of phenols is 1. The number of carboxylic acid groups (broad SMARTS) is 2. The summed E-state index contributed by atoms with van der Waals surface area (Å²) in [6.07, 6.45) is -0.142. The highest BCUT2D eigenvalue weighted by atomic mass is 16.4. The van der Waals surface area contributed by atoms with Gasteiger partial charge < -0.3 is 26.0 Å². The topological polar surface area (TPSA) is 141 Å². The third kappa shape index (κ3) is 2.73. The Balaban J connectivity index is 2.29. The molecule has 0 aromatic heterocycles. The molecule has 2 unspecified atom stereocenters. The predicted molar refractivity (Wildman–Crippen MR) is 70.7 cm³/mol. The number of anilines is 1. The number of nitrogen functional groups attached to an aromatic ring is 1. The summed E-state index contributed by atoms with van der Waals surface area (Å²) in [5.41, 5.74) is 5.58. The molecule has 21 heavy (non-hydrogen) atoms. The quantitative estimate of drug-likeness (QED) is 0.453. The number of likely N-dealkylation sites (tertiary alicyclic amines) is 1. The third-order valence-electron chi connectivity index (χ3n) is 3.47. The van der Waals surface area contributed by atoms with E-state index < -0.39 is 29.8 Å². The second-order valence-corrected chi connectivity index (χ2v) is 4.86. The first-order valence-electron chi connectivity index (χ1n) is 6.16. The van der Waals surface area contributed by atoms with Gasteiger partial charge in [0.15, 0.2) is 0 Å². The molecule has 1 aromatic rings. The van der Waals surface area contributed by atoms with E-state index in [1.165, 1.54) is 12.1 Å². The Morgan fingerprint density at radius 1 is 1.19 bits per heavy atom. The third-order valence-corrected chi connectivity index (χ3v) is 3.47. The molecule has 1 fully saturated rings. The zero-order chi connectivity index (χ0) is 15.7. The number of carboxylic acids is 2. The fraction of sp³-hybridized carbons (Fsp3) is 0.308. The molecule has 1 amide bonds. The van der Waals surface area contributed by atoms with E-state index in [2.05, 4.69) is 0 Å². The molecule has 0 bridgehead atoms. The van der Waals surface area contributed by atoms with Crippen molar-refractivity contribution in [3.05, 3.63) is 23.8 Å². The van der Waals surface area contributed by atoms with Gasteiger partial charge in [0.25, 0.3) is 5.91 Å². The van der Waals surface area contributed by atoms with Crippen LogP contribution in [0, 0.1) is 5.92 Å². The summed E-state index contributed by atoms with van der Waals surface area (Å²) in [5, 5.41) is 27.6. The maximum atomic E-state index is 12.3. The lowest BCUT2D eigenvalue weighted by atomic mass is 10.1. The molecule has 1 heterocycles. The van der Waals surface area contributed by atoms with Crippen LogP contribution in [0.1, 0.15) is 16.8 Å². The van der Waals surface area contributed by atoms with Gasteiger partial charge in [0, 0.05) is 12.1 Å². The van der Waals surface area contributed by atoms with Gasteiger partial charge in [-0.2, -0.15) is 0 Å². The summed E-state index contributed by atoms with van der Waals surface area (Å²) in [5.74, 6) is -4.26. The molecule has 0 saturated carbocycles. The van der Waals surface area contributed by atoms with Crippen LogP contribution in [0.2, 0.25) is 0 Å². The monoisotopic (exact) mass is 294 g/mol. The summed E-state index contributed by atoms with van der Waals surface area (Å²) >= 11 is 0. The van der Waals surface area contributed by atoms with Gasteiger partial charge in [-0.3, -0.25) is 9.59 Å². The number of amides is 1. The molecule has 1 aliphatic rings. The molecule has 0 spiro atoms. The highest BCUT2D eigenvalue weighted by Crippen LogP contribution is 2.28. The molecule has 2 atom stereocenters. The SMILES string of the molecule is Nc1ccc(C(=O)N2CC(C(=O)O)CC2C(=O)O)cc1O. The van der Waals surface area contributed by atoms with Crippen LogP contribution >= 0.6 is 0 Å². The maximum Gasteiger partial charge on any atom is 0.326 e. The number of rotatable bonds is 3. The number of phenolic OH excluding ortho intramolecular Hbond substituents is 1. The van der Waals surface area contributed by atoms with Crippen molar-refractivity contribution in [1.82, 2.24) is 4.90 Å². The minimum absolute atomic E-state index is 0.0546. The van der Waals surface area contributed by atoms with Crippen LogP contribution in [0.5, 0.6) is 5.75 Å². The molecular weight excluding hydrogens is 280 g/mol. The average Bonchev–Trinajstić information content (AvgIpc) is 2.86. The largest absolute Gasteiger partial charge is 0.506 e. The van der Waals surface area contributed by atoms with E-state index >= 15 is 0 Å². The highest BCUT2D eigenvalue weighted by Gasteiger charge is 2.42. The first-order chi connectivity index (χ1) is 9.81. The Labute approximate surface area is 119 Å². The van der Waals surface area contributed by atoms with Crippen LogP contribution in [0.15, 0.2) is 18.2 Å². The number of hydrogen-bond acceptors (Lipinski definition) is 5. The Morgan fingerprint density at radius 2 is 1.86 bits per heavy atom. The van der Waals surface area contributed by atoms with Gasteiger partial charge in [-0.25, -0.2) is 4.79 Å². The van der Waals surface area contributed by atoms with Crippen molar-refractivity contribution >= 4 is 23.5 Å². The van der Waals surface area contributed by atoms with Crippen molar-refractivity contribution in [3.63, 3.8) is 0 Å². The molecule has 8 nitrogen and oxygen atoms in total. The number of aliphatic carboxylic acids is 2. The number of benzene rings is 1. The van der Waals surface area contributed by atoms with Crippen molar-refractivity contribution in [2.45, 2.75) is 12.5 Å². The van der Waals surface area contributed by atoms with Gasteiger partial charge in [0.1, 0.15) is 11.8 Å². The van der Waals surface area contributed by atoms with Crippen molar-refractivity contribution in [2.24, 2.45) is 5.92 Å². The van der Waals surface area contributed by atoms with E-state index in [9.17, 15) is 19.5 Å². The Bertz CT molecular complexity index is 615. The fourth-order valence-corrected chi connectivity index (χ4v) is 2.32. The summed E-state index contributed by atoms with van der Waals surface area (Å²) < 4.78 is 0. The molecule has 8 heteroatoms. The van der Waals surface area contributed by atoms with E-state index in [-0.39, 0.29) is 30.0 Å². The lowest BCUT2D eigenvalue weighted by molar-refractivity contribution is -0.141. The Morgan fingerprint density at radius 3 is 2.38 bits per heavy atom. The smallest absolute Gasteiger partial charge is 0.326 e. The molecule has 1 aromatic carbocycles. The summed E-state index contributed by atoms with van der Waals surface area (Å²) in [6.45, 7) is -0.184. The molecule has 5 N–H and O–H groups in total. The molecule has 1 saturated heterocycles. The maximum absolute atomic E-state index is 12.3. The van der Waals surface area contributed by atoms with Gasteiger partial charge in [-0.15, -0.1) is 0 Å². The van der Waals surface area contributed by atoms with Crippen molar-refractivity contribution in [1.29, 1.82) is 0 Å².